The van der Waals surface area contributed by atoms with Crippen molar-refractivity contribution in [2.45, 2.75) is 19.9 Å². The van der Waals surface area contributed by atoms with Crippen LogP contribution in [0.15, 0.2) is 54.6 Å². The normalized spacial score (nSPS) is 12.4. The van der Waals surface area contributed by atoms with Crippen molar-refractivity contribution in [3.05, 3.63) is 60.2 Å². The first kappa shape index (κ1) is 15.5. The fourth-order valence-corrected chi connectivity index (χ4v) is 2.09. The van der Waals surface area contributed by atoms with Gasteiger partial charge in [0.15, 0.2) is 0 Å². The Kier molecular flexibility index (Phi) is 5.78. The molecule has 0 spiro atoms. The number of para-hydroxylation sites is 1. The highest BCUT2D eigenvalue weighted by Crippen LogP contribution is 2.24. The minimum atomic E-state index is -0.0632. The Labute approximate surface area is 126 Å². The summed E-state index contributed by atoms with van der Waals surface area (Å²) in [6.07, 6.45) is 0. The van der Waals surface area contributed by atoms with Crippen molar-refractivity contribution in [1.82, 2.24) is 5.32 Å². The zero-order chi connectivity index (χ0) is 15.1. The Morgan fingerprint density at radius 2 is 1.71 bits per heavy atom. The Morgan fingerprint density at radius 1 is 1.00 bits per heavy atom. The molecule has 1 atom stereocenters. The third-order valence-corrected chi connectivity index (χ3v) is 3.19. The Hall–Kier alpha value is -1.84. The molecule has 0 aromatic heterocycles. The van der Waals surface area contributed by atoms with Gasteiger partial charge < -0.3 is 15.2 Å². The van der Waals surface area contributed by atoms with E-state index in [0.717, 1.165) is 23.6 Å². The monoisotopic (exact) mass is 285 g/mol. The van der Waals surface area contributed by atoms with Crippen LogP contribution in [0.5, 0.6) is 11.5 Å². The van der Waals surface area contributed by atoms with E-state index in [1.54, 1.807) is 0 Å². The van der Waals surface area contributed by atoms with Gasteiger partial charge in [-0.1, -0.05) is 44.2 Å². The van der Waals surface area contributed by atoms with Gasteiger partial charge in [-0.2, -0.15) is 0 Å². The molecule has 0 saturated carbocycles. The van der Waals surface area contributed by atoms with Gasteiger partial charge in [-0.05, 0) is 42.3 Å². The van der Waals surface area contributed by atoms with Crippen LogP contribution < -0.4 is 10.1 Å². The fourth-order valence-electron chi connectivity index (χ4n) is 2.09. The minimum absolute atomic E-state index is 0.0632. The zero-order valence-electron chi connectivity index (χ0n) is 12.6. The van der Waals surface area contributed by atoms with Crippen molar-refractivity contribution in [2.24, 2.45) is 5.92 Å². The Bertz CT molecular complexity index is 540. The second-order valence-electron chi connectivity index (χ2n) is 5.52. The average Bonchev–Trinajstić information content (AvgIpc) is 2.49. The van der Waals surface area contributed by atoms with Gasteiger partial charge in [0.25, 0.3) is 0 Å². The maximum atomic E-state index is 9.57. The van der Waals surface area contributed by atoms with Gasteiger partial charge in [-0.3, -0.25) is 0 Å². The molecule has 21 heavy (non-hydrogen) atoms. The lowest BCUT2D eigenvalue weighted by Crippen LogP contribution is -2.27. The van der Waals surface area contributed by atoms with E-state index >= 15 is 0 Å². The van der Waals surface area contributed by atoms with Crippen LogP contribution in [-0.4, -0.2) is 18.3 Å². The molecule has 0 aliphatic heterocycles. The third-order valence-electron chi connectivity index (χ3n) is 3.19. The number of hydrogen-bond acceptors (Lipinski definition) is 3. The topological polar surface area (TPSA) is 41.5 Å². The van der Waals surface area contributed by atoms with Crippen molar-refractivity contribution in [2.75, 3.05) is 13.2 Å². The highest BCUT2D eigenvalue weighted by molar-refractivity contribution is 5.35. The van der Waals surface area contributed by atoms with Crippen molar-refractivity contribution < 1.29 is 9.84 Å². The summed E-state index contributed by atoms with van der Waals surface area (Å²) in [5, 5.41) is 12.9. The molecule has 0 radical (unpaired) electrons. The highest BCUT2D eigenvalue weighted by Gasteiger charge is 2.11. The molecule has 0 saturated heterocycles. The van der Waals surface area contributed by atoms with Crippen LogP contribution in [0.25, 0.3) is 0 Å². The summed E-state index contributed by atoms with van der Waals surface area (Å²) in [6.45, 7) is 5.24. The van der Waals surface area contributed by atoms with E-state index < -0.39 is 0 Å². The predicted octanol–water partition coefficient (Wildman–Crippen LogP) is 3.76. The van der Waals surface area contributed by atoms with E-state index in [1.165, 1.54) is 0 Å². The summed E-state index contributed by atoms with van der Waals surface area (Å²) in [6, 6.07) is 17.5. The van der Waals surface area contributed by atoms with Crippen molar-refractivity contribution >= 4 is 0 Å². The van der Waals surface area contributed by atoms with Crippen LogP contribution >= 0.6 is 0 Å². The van der Waals surface area contributed by atoms with Crippen LogP contribution in [-0.2, 0) is 0 Å². The van der Waals surface area contributed by atoms with Crippen molar-refractivity contribution in [3.8, 4) is 11.5 Å². The molecule has 2 aromatic carbocycles. The summed E-state index contributed by atoms with van der Waals surface area (Å²) >= 11 is 0. The number of aliphatic hydroxyl groups excluding tert-OH is 1. The lowest BCUT2D eigenvalue weighted by molar-refractivity contribution is 0.240. The van der Waals surface area contributed by atoms with Gasteiger partial charge in [0, 0.05) is 0 Å². The molecule has 0 amide bonds. The first-order chi connectivity index (χ1) is 10.2. The second-order valence-corrected chi connectivity index (χ2v) is 5.52. The van der Waals surface area contributed by atoms with Crippen LogP contribution in [0, 0.1) is 5.92 Å². The smallest absolute Gasteiger partial charge is 0.127 e. The molecule has 2 rings (SSSR count). The predicted molar refractivity (Wildman–Crippen MR) is 85.6 cm³/mol. The average molecular weight is 285 g/mol. The summed E-state index contributed by atoms with van der Waals surface area (Å²) < 4.78 is 5.83. The zero-order valence-corrected chi connectivity index (χ0v) is 12.6. The van der Waals surface area contributed by atoms with Gasteiger partial charge >= 0.3 is 0 Å². The molecule has 3 heteroatoms. The van der Waals surface area contributed by atoms with Gasteiger partial charge in [-0.15, -0.1) is 0 Å². The van der Waals surface area contributed by atoms with Crippen molar-refractivity contribution in [3.63, 3.8) is 0 Å². The molecule has 3 nitrogen and oxygen atoms in total. The molecule has 2 aromatic rings. The van der Waals surface area contributed by atoms with E-state index in [0.29, 0.717) is 5.92 Å². The molecule has 2 N–H and O–H groups in total. The number of rotatable bonds is 7. The molecule has 0 bridgehead atoms. The number of ether oxygens (including phenoxy) is 1. The lowest BCUT2D eigenvalue weighted by Gasteiger charge is -2.19. The van der Waals surface area contributed by atoms with E-state index in [2.05, 4.69) is 19.2 Å². The number of aliphatic hydroxyl groups is 1. The summed E-state index contributed by atoms with van der Waals surface area (Å²) in [5.41, 5.74) is 1.03. The lowest BCUT2D eigenvalue weighted by atomic mass is 10.1. The molecule has 0 fully saturated rings. The van der Waals surface area contributed by atoms with Crippen LogP contribution in [0.2, 0.25) is 0 Å². The SMILES string of the molecule is CC(C)CNC(CO)c1cccc(Oc2ccccc2)c1. The quantitative estimate of drug-likeness (QED) is 0.814. The standard InChI is InChI=1S/C18H23NO2/c1-14(2)12-19-18(13-20)15-7-6-10-17(11-15)21-16-8-4-3-5-9-16/h3-11,14,18-20H,12-13H2,1-2H3. The van der Waals surface area contributed by atoms with Gasteiger partial charge in [-0.25, -0.2) is 0 Å². The number of hydrogen-bond donors (Lipinski definition) is 2. The largest absolute Gasteiger partial charge is 0.457 e. The third kappa shape index (κ3) is 4.88. The summed E-state index contributed by atoms with van der Waals surface area (Å²) in [7, 11) is 0. The van der Waals surface area contributed by atoms with E-state index in [1.807, 2.05) is 54.6 Å². The summed E-state index contributed by atoms with van der Waals surface area (Å²) in [5.74, 6) is 2.14. The maximum Gasteiger partial charge on any atom is 0.127 e. The van der Waals surface area contributed by atoms with Crippen LogP contribution in [0.4, 0.5) is 0 Å². The molecule has 112 valence electrons. The maximum absolute atomic E-state index is 9.57. The molecule has 0 heterocycles. The van der Waals surface area contributed by atoms with Crippen LogP contribution in [0.3, 0.4) is 0 Å². The Balaban J connectivity index is 2.08. The molecular formula is C18H23NO2. The van der Waals surface area contributed by atoms with Gasteiger partial charge in [0.05, 0.1) is 12.6 Å². The molecule has 0 aliphatic carbocycles. The molecular weight excluding hydrogens is 262 g/mol. The van der Waals surface area contributed by atoms with E-state index in [-0.39, 0.29) is 12.6 Å². The molecule has 0 aliphatic rings. The van der Waals surface area contributed by atoms with Gasteiger partial charge in [0.2, 0.25) is 0 Å². The first-order valence-electron chi connectivity index (χ1n) is 7.36. The number of nitrogens with one attached hydrogen (secondary N) is 1. The second kappa shape index (κ2) is 7.81. The Morgan fingerprint density at radius 3 is 2.38 bits per heavy atom. The first-order valence-corrected chi connectivity index (χ1v) is 7.36. The fraction of sp³-hybridized carbons (Fsp3) is 0.333. The van der Waals surface area contributed by atoms with Crippen molar-refractivity contribution in [1.29, 1.82) is 0 Å². The van der Waals surface area contributed by atoms with E-state index in [9.17, 15) is 5.11 Å². The van der Waals surface area contributed by atoms with Crippen LogP contribution in [0.1, 0.15) is 25.5 Å². The summed E-state index contributed by atoms with van der Waals surface area (Å²) in [4.78, 5) is 0. The van der Waals surface area contributed by atoms with Gasteiger partial charge in [0.1, 0.15) is 11.5 Å². The highest BCUT2D eigenvalue weighted by atomic mass is 16.5. The minimum Gasteiger partial charge on any atom is -0.457 e. The van der Waals surface area contributed by atoms with E-state index in [4.69, 9.17) is 4.74 Å². The number of benzene rings is 2. The molecule has 1 unspecified atom stereocenters.